The van der Waals surface area contributed by atoms with E-state index in [0.29, 0.717) is 6.07 Å². The van der Waals surface area contributed by atoms with E-state index in [1.165, 1.54) is 0 Å². The second-order valence-electron chi connectivity index (χ2n) is 3.05. The molecule has 0 aliphatic rings. The van der Waals surface area contributed by atoms with Gasteiger partial charge in [-0.3, -0.25) is 0 Å². The minimum absolute atomic E-state index is 0.593. The molecule has 0 bridgehead atoms. The molecule has 0 saturated heterocycles. The fourth-order valence-corrected chi connectivity index (χ4v) is 1.34. The Kier molecular flexibility index (Phi) is 3.64. The summed E-state index contributed by atoms with van der Waals surface area (Å²) in [6, 6.07) is 2.54. The van der Waals surface area contributed by atoms with Gasteiger partial charge in [-0.2, -0.15) is 13.2 Å². The number of hydrogen-bond acceptors (Lipinski definition) is 4. The van der Waals surface area contributed by atoms with Crippen LogP contribution in [0.1, 0.15) is 5.56 Å². The Morgan fingerprint density at radius 2 is 1.50 bits per heavy atom. The van der Waals surface area contributed by atoms with Crippen LogP contribution < -0.4 is 10.9 Å². The van der Waals surface area contributed by atoms with E-state index in [9.17, 15) is 13.2 Å². The molecule has 1 rings (SSSR count). The SMILES string of the molecule is OB(O)c1cccc(C(F)(F)F)c1B(O)O. The van der Waals surface area contributed by atoms with Crippen molar-refractivity contribution < 1.29 is 33.3 Å². The fraction of sp³-hybridized carbons (Fsp3) is 0.143. The van der Waals surface area contributed by atoms with E-state index in [1.807, 2.05) is 0 Å². The van der Waals surface area contributed by atoms with Gasteiger partial charge in [-0.15, -0.1) is 0 Å². The highest BCUT2D eigenvalue weighted by atomic mass is 19.4. The minimum atomic E-state index is -4.80. The summed E-state index contributed by atoms with van der Waals surface area (Å²) in [5.74, 6) is 0. The zero-order valence-electron chi connectivity index (χ0n) is 7.81. The fourth-order valence-electron chi connectivity index (χ4n) is 1.34. The van der Waals surface area contributed by atoms with E-state index in [2.05, 4.69) is 0 Å². The van der Waals surface area contributed by atoms with Crippen molar-refractivity contribution in [3.05, 3.63) is 23.8 Å². The summed E-state index contributed by atoms with van der Waals surface area (Å²) < 4.78 is 37.4. The van der Waals surface area contributed by atoms with Crippen LogP contribution in [-0.2, 0) is 6.18 Å². The Morgan fingerprint density at radius 1 is 0.938 bits per heavy atom. The maximum atomic E-state index is 12.5. The van der Waals surface area contributed by atoms with E-state index in [-0.39, 0.29) is 0 Å². The van der Waals surface area contributed by atoms with Crippen LogP contribution in [-0.4, -0.2) is 34.3 Å². The van der Waals surface area contributed by atoms with E-state index in [4.69, 9.17) is 20.1 Å². The molecule has 0 aliphatic carbocycles. The number of alkyl halides is 3. The zero-order chi connectivity index (χ0) is 12.5. The van der Waals surface area contributed by atoms with E-state index >= 15 is 0 Å². The first-order valence-electron chi connectivity index (χ1n) is 4.17. The van der Waals surface area contributed by atoms with Gasteiger partial charge in [0.25, 0.3) is 0 Å². The lowest BCUT2D eigenvalue weighted by molar-refractivity contribution is -0.136. The van der Waals surface area contributed by atoms with Crippen LogP contribution in [0.2, 0.25) is 0 Å². The lowest BCUT2D eigenvalue weighted by Gasteiger charge is -2.15. The third kappa shape index (κ3) is 2.56. The lowest BCUT2D eigenvalue weighted by atomic mass is 9.64. The summed E-state index contributed by atoms with van der Waals surface area (Å²) >= 11 is 0. The highest BCUT2D eigenvalue weighted by Gasteiger charge is 2.38. The molecule has 1 aromatic rings. The number of halogens is 3. The molecule has 4 nitrogen and oxygen atoms in total. The average Bonchev–Trinajstić information content (AvgIpc) is 2.14. The van der Waals surface area contributed by atoms with Crippen molar-refractivity contribution in [1.29, 1.82) is 0 Å². The minimum Gasteiger partial charge on any atom is -0.423 e. The van der Waals surface area contributed by atoms with Crippen LogP contribution >= 0.6 is 0 Å². The van der Waals surface area contributed by atoms with E-state index in [0.717, 1.165) is 12.1 Å². The Balaban J connectivity index is 3.45. The summed E-state index contributed by atoms with van der Waals surface area (Å²) in [5.41, 5.74) is -2.86. The number of hydrogen-bond donors (Lipinski definition) is 4. The van der Waals surface area contributed by atoms with Crippen molar-refractivity contribution in [2.24, 2.45) is 0 Å². The van der Waals surface area contributed by atoms with Crippen LogP contribution in [0, 0.1) is 0 Å². The summed E-state index contributed by atoms with van der Waals surface area (Å²) in [5, 5.41) is 35.3. The molecule has 0 aliphatic heterocycles. The first-order valence-corrected chi connectivity index (χ1v) is 4.17. The number of rotatable bonds is 2. The van der Waals surface area contributed by atoms with Crippen LogP contribution in [0.15, 0.2) is 18.2 Å². The Hall–Kier alpha value is -1.02. The molecular formula is C7H7B2F3O4. The number of benzene rings is 1. The molecule has 1 aromatic carbocycles. The van der Waals surface area contributed by atoms with Crippen molar-refractivity contribution in [3.8, 4) is 0 Å². The van der Waals surface area contributed by atoms with Gasteiger partial charge in [0, 0.05) is 0 Å². The molecule has 0 atom stereocenters. The Morgan fingerprint density at radius 3 is 1.88 bits per heavy atom. The monoisotopic (exact) mass is 234 g/mol. The van der Waals surface area contributed by atoms with Gasteiger partial charge in [0.1, 0.15) is 0 Å². The molecule has 0 fully saturated rings. The third-order valence-electron chi connectivity index (χ3n) is 1.98. The van der Waals surface area contributed by atoms with Crippen molar-refractivity contribution in [2.45, 2.75) is 6.18 Å². The van der Waals surface area contributed by atoms with Crippen molar-refractivity contribution >= 4 is 25.2 Å². The molecule has 4 N–H and O–H groups in total. The van der Waals surface area contributed by atoms with Gasteiger partial charge in [-0.25, -0.2) is 0 Å². The Labute approximate surface area is 89.3 Å². The largest absolute Gasteiger partial charge is 0.488 e. The topological polar surface area (TPSA) is 80.9 Å². The molecule has 16 heavy (non-hydrogen) atoms. The summed E-state index contributed by atoms with van der Waals surface area (Å²) in [6.07, 6.45) is -4.80. The molecule has 9 heteroatoms. The highest BCUT2D eigenvalue weighted by Crippen LogP contribution is 2.27. The van der Waals surface area contributed by atoms with Gasteiger partial charge in [0.05, 0.1) is 5.56 Å². The van der Waals surface area contributed by atoms with Gasteiger partial charge >= 0.3 is 20.4 Å². The van der Waals surface area contributed by atoms with Crippen LogP contribution in [0.3, 0.4) is 0 Å². The normalized spacial score (nSPS) is 11.4. The second-order valence-corrected chi connectivity index (χ2v) is 3.05. The molecule has 0 heterocycles. The van der Waals surface area contributed by atoms with Gasteiger partial charge in [0.15, 0.2) is 0 Å². The predicted octanol–water partition coefficient (Wildman–Crippen LogP) is -1.94. The van der Waals surface area contributed by atoms with Gasteiger partial charge < -0.3 is 20.1 Å². The Bertz CT molecular complexity index is 380. The summed E-state index contributed by atoms with van der Waals surface area (Å²) in [6.45, 7) is 0. The predicted molar refractivity (Wildman–Crippen MR) is 51.1 cm³/mol. The third-order valence-corrected chi connectivity index (χ3v) is 1.98. The molecule has 0 unspecified atom stereocenters. The maximum Gasteiger partial charge on any atom is 0.488 e. The van der Waals surface area contributed by atoms with Crippen molar-refractivity contribution in [2.75, 3.05) is 0 Å². The maximum absolute atomic E-state index is 12.5. The van der Waals surface area contributed by atoms with E-state index < -0.39 is 36.9 Å². The van der Waals surface area contributed by atoms with Crippen molar-refractivity contribution in [1.82, 2.24) is 0 Å². The molecule has 0 saturated carbocycles. The molecule has 0 spiro atoms. The molecular weight excluding hydrogens is 227 g/mol. The molecule has 0 aromatic heterocycles. The van der Waals surface area contributed by atoms with Gasteiger partial charge in [-0.05, 0) is 10.9 Å². The van der Waals surface area contributed by atoms with E-state index in [1.54, 1.807) is 0 Å². The average molecular weight is 234 g/mol. The summed E-state index contributed by atoms with van der Waals surface area (Å²) in [4.78, 5) is 0. The smallest absolute Gasteiger partial charge is 0.423 e. The van der Waals surface area contributed by atoms with Crippen LogP contribution in [0.5, 0.6) is 0 Å². The van der Waals surface area contributed by atoms with Gasteiger partial charge in [0.2, 0.25) is 0 Å². The van der Waals surface area contributed by atoms with Crippen molar-refractivity contribution in [3.63, 3.8) is 0 Å². The quantitative estimate of drug-likeness (QED) is 0.449. The molecule has 86 valence electrons. The first-order chi connectivity index (χ1) is 7.25. The first kappa shape index (κ1) is 13.0. The zero-order valence-corrected chi connectivity index (χ0v) is 7.81. The second kappa shape index (κ2) is 4.46. The molecule has 0 radical (unpaired) electrons. The molecule has 0 amide bonds. The lowest BCUT2D eigenvalue weighted by Crippen LogP contribution is -2.52. The highest BCUT2D eigenvalue weighted by molar-refractivity contribution is 6.71. The van der Waals surface area contributed by atoms with Crippen LogP contribution in [0.25, 0.3) is 0 Å². The standard InChI is InChI=1S/C7H7B2F3O4/c10-7(11,12)4-2-1-3-5(8(13)14)6(4)9(15)16/h1-3,13-16H. The van der Waals surface area contributed by atoms with Gasteiger partial charge in [-0.1, -0.05) is 18.2 Å². The summed E-state index contributed by atoms with van der Waals surface area (Å²) in [7, 11) is -4.64. The van der Waals surface area contributed by atoms with Crippen LogP contribution in [0.4, 0.5) is 13.2 Å².